The van der Waals surface area contributed by atoms with Crippen molar-refractivity contribution in [3.05, 3.63) is 71.0 Å². The number of carboxylic acid groups (broad SMARTS) is 1. The smallest absolute Gasteiger partial charge is 0.475 e. The zero-order chi connectivity index (χ0) is 35.4. The predicted molar refractivity (Wildman–Crippen MR) is 172 cm³/mol. The number of piperidine rings is 1. The van der Waals surface area contributed by atoms with Gasteiger partial charge >= 0.3 is 12.1 Å². The summed E-state index contributed by atoms with van der Waals surface area (Å²) in [7, 11) is 0. The molecule has 4 rings (SSSR count). The topological polar surface area (TPSA) is 198 Å². The minimum atomic E-state index is -5.08. The van der Waals surface area contributed by atoms with E-state index in [9.17, 15) is 27.2 Å². The molecule has 9 N–H and O–H groups in total. The summed E-state index contributed by atoms with van der Waals surface area (Å²) >= 11 is 0. The zero-order valence-corrected chi connectivity index (χ0v) is 26.5. The highest BCUT2D eigenvalue weighted by molar-refractivity contribution is 5.95. The number of carbonyl (C=O) groups is 3. The highest BCUT2D eigenvalue weighted by Gasteiger charge is 2.38. The van der Waals surface area contributed by atoms with Gasteiger partial charge in [0.05, 0.1) is 5.92 Å². The van der Waals surface area contributed by atoms with Crippen LogP contribution in [0.4, 0.5) is 17.6 Å². The number of carboxylic acids is 1. The number of carbonyl (C=O) groups excluding carboxylic acids is 2. The molecular weight excluding hydrogens is 634 g/mol. The molecule has 2 atom stereocenters. The highest BCUT2D eigenvalue weighted by Crippen LogP contribution is 2.29. The predicted octanol–water partition coefficient (Wildman–Crippen LogP) is 3.86. The molecule has 2 aromatic rings. The molecule has 2 amide bonds. The minimum absolute atomic E-state index is 0.0170. The summed E-state index contributed by atoms with van der Waals surface area (Å²) in [5, 5.41) is 28.5. The number of hydrogen-bond donors (Lipinski definition) is 7. The summed E-state index contributed by atoms with van der Waals surface area (Å²) in [6.07, 6.45) is 1.65. The standard InChI is InChI=1S/C31H42FN7O2.C2HF3O2/c32-26-9-5-4-8-24(26)25(18-20-10-12-23(13-11-20)28(33)34)29(40)38-27(22-6-2-1-3-7-22)30(41)37-19-21-14-16-39(17-15-21)31(35)36;3-2(4,5)1(6)7/h4-5,8-13,21-22,25,27H,1-3,6-7,14-19H2,(H3,33,34)(H3,35,36)(H,37,41)(H,38,40);(H,6,7)/t25?,27-;/m0./s1. The number of alkyl halides is 3. The summed E-state index contributed by atoms with van der Waals surface area (Å²) in [5.41, 5.74) is 12.8. The molecule has 2 aliphatic rings. The van der Waals surface area contributed by atoms with E-state index in [-0.39, 0.29) is 47.4 Å². The second-order valence-electron chi connectivity index (χ2n) is 12.1. The Morgan fingerprint density at radius 3 is 2.02 bits per heavy atom. The molecular formula is C33H43F4N7O4. The molecule has 0 aromatic heterocycles. The SMILES string of the molecule is N=C(N)c1ccc(CC(C(=O)N[C@H](C(=O)NCC2CCN(C(=N)N)CC2)C2CCCCC2)c2ccccc2F)cc1.O=C(O)C(F)(F)F. The van der Waals surface area contributed by atoms with Crippen molar-refractivity contribution in [2.75, 3.05) is 19.6 Å². The van der Waals surface area contributed by atoms with Crippen LogP contribution in [-0.2, 0) is 20.8 Å². The number of amidine groups is 1. The second kappa shape index (κ2) is 17.5. The number of likely N-dealkylation sites (tertiary alicyclic amines) is 1. The lowest BCUT2D eigenvalue weighted by atomic mass is 9.82. The molecule has 11 nitrogen and oxygen atoms in total. The first-order chi connectivity index (χ1) is 22.7. The number of amides is 2. The van der Waals surface area contributed by atoms with Crippen LogP contribution in [0.2, 0.25) is 0 Å². The molecule has 1 unspecified atom stereocenters. The number of rotatable bonds is 10. The van der Waals surface area contributed by atoms with E-state index in [0.717, 1.165) is 50.5 Å². The van der Waals surface area contributed by atoms with Crippen LogP contribution in [-0.4, -0.2) is 71.4 Å². The van der Waals surface area contributed by atoms with Crippen LogP contribution in [0.15, 0.2) is 48.5 Å². The van der Waals surface area contributed by atoms with Crippen LogP contribution in [0.5, 0.6) is 0 Å². The first-order valence-corrected chi connectivity index (χ1v) is 15.8. The summed E-state index contributed by atoms with van der Waals surface area (Å²) in [6.45, 7) is 1.88. The first kappa shape index (κ1) is 37.8. The van der Waals surface area contributed by atoms with E-state index in [1.54, 1.807) is 42.5 Å². The Kier molecular flexibility index (Phi) is 13.7. The maximum Gasteiger partial charge on any atom is 0.490 e. The fraction of sp³-hybridized carbons (Fsp3) is 0.485. The minimum Gasteiger partial charge on any atom is -0.475 e. The van der Waals surface area contributed by atoms with Crippen molar-refractivity contribution in [1.82, 2.24) is 15.5 Å². The number of nitrogens with zero attached hydrogens (tertiary/aromatic N) is 1. The van der Waals surface area contributed by atoms with E-state index in [1.807, 2.05) is 4.90 Å². The molecule has 15 heteroatoms. The van der Waals surface area contributed by atoms with Crippen molar-refractivity contribution >= 4 is 29.6 Å². The van der Waals surface area contributed by atoms with Crippen LogP contribution in [0.1, 0.15) is 67.6 Å². The Labute approximate surface area is 276 Å². The summed E-state index contributed by atoms with van der Waals surface area (Å²) in [5.74, 6) is -4.32. The fourth-order valence-corrected chi connectivity index (χ4v) is 6.01. The number of aliphatic carboxylic acids is 1. The molecule has 48 heavy (non-hydrogen) atoms. The molecule has 0 bridgehead atoms. The molecule has 2 fully saturated rings. The van der Waals surface area contributed by atoms with Gasteiger partial charge in [-0.1, -0.05) is 61.7 Å². The summed E-state index contributed by atoms with van der Waals surface area (Å²) in [4.78, 5) is 38.2. The van der Waals surface area contributed by atoms with Crippen molar-refractivity contribution in [2.45, 2.75) is 69.5 Å². The van der Waals surface area contributed by atoms with E-state index < -0.39 is 29.9 Å². The highest BCUT2D eigenvalue weighted by atomic mass is 19.4. The van der Waals surface area contributed by atoms with Crippen molar-refractivity contribution in [3.8, 4) is 0 Å². The molecule has 262 valence electrons. The number of halogens is 4. The van der Waals surface area contributed by atoms with Gasteiger partial charge in [0.25, 0.3) is 0 Å². The van der Waals surface area contributed by atoms with E-state index in [1.165, 1.54) is 6.07 Å². The monoisotopic (exact) mass is 677 g/mol. The lowest BCUT2D eigenvalue weighted by Gasteiger charge is -2.34. The van der Waals surface area contributed by atoms with Gasteiger partial charge in [0.2, 0.25) is 11.8 Å². The summed E-state index contributed by atoms with van der Waals surface area (Å²) < 4.78 is 46.7. The maximum absolute atomic E-state index is 15.0. The lowest BCUT2D eigenvalue weighted by Crippen LogP contribution is -2.53. The number of nitrogens with two attached hydrogens (primary N) is 2. The van der Waals surface area contributed by atoms with Crippen LogP contribution in [0, 0.1) is 28.5 Å². The van der Waals surface area contributed by atoms with Crippen molar-refractivity contribution < 1.29 is 37.1 Å². The zero-order valence-electron chi connectivity index (χ0n) is 26.5. The third-order valence-electron chi connectivity index (χ3n) is 8.77. The molecule has 1 aliphatic heterocycles. The average Bonchev–Trinajstić information content (AvgIpc) is 3.06. The molecule has 1 saturated heterocycles. The van der Waals surface area contributed by atoms with E-state index >= 15 is 0 Å². The largest absolute Gasteiger partial charge is 0.490 e. The maximum atomic E-state index is 15.0. The third-order valence-corrected chi connectivity index (χ3v) is 8.77. The van der Waals surface area contributed by atoms with Crippen LogP contribution in [0.3, 0.4) is 0 Å². The Bertz CT molecular complexity index is 1420. The van der Waals surface area contributed by atoms with Gasteiger partial charge in [-0.15, -0.1) is 0 Å². The molecule has 1 saturated carbocycles. The number of nitrogens with one attached hydrogen (secondary N) is 4. The average molecular weight is 678 g/mol. The third kappa shape index (κ3) is 11.2. The van der Waals surface area contributed by atoms with E-state index in [0.29, 0.717) is 25.2 Å². The number of guanidine groups is 1. The van der Waals surface area contributed by atoms with Crippen molar-refractivity contribution in [1.29, 1.82) is 10.8 Å². The van der Waals surface area contributed by atoms with Crippen molar-refractivity contribution in [3.63, 3.8) is 0 Å². The fourth-order valence-electron chi connectivity index (χ4n) is 6.01. The normalized spacial score (nSPS) is 16.9. The Morgan fingerprint density at radius 1 is 0.917 bits per heavy atom. The molecule has 2 aromatic carbocycles. The second-order valence-corrected chi connectivity index (χ2v) is 12.1. The molecule has 1 heterocycles. The van der Waals surface area contributed by atoms with Gasteiger partial charge < -0.3 is 32.1 Å². The summed E-state index contributed by atoms with van der Waals surface area (Å²) in [6, 6.07) is 12.6. The van der Waals surface area contributed by atoms with Crippen LogP contribution >= 0.6 is 0 Å². The van der Waals surface area contributed by atoms with Crippen molar-refractivity contribution in [2.24, 2.45) is 23.3 Å². The quantitative estimate of drug-likeness (QED) is 0.113. The van der Waals surface area contributed by atoms with E-state index in [4.69, 9.17) is 32.2 Å². The first-order valence-electron chi connectivity index (χ1n) is 15.8. The van der Waals surface area contributed by atoms with E-state index in [2.05, 4.69) is 10.6 Å². The molecule has 0 spiro atoms. The van der Waals surface area contributed by atoms with Gasteiger partial charge in [-0.3, -0.25) is 20.4 Å². The lowest BCUT2D eigenvalue weighted by molar-refractivity contribution is -0.192. The van der Waals surface area contributed by atoms with Gasteiger partial charge in [-0.05, 0) is 55.6 Å². The number of nitrogen functional groups attached to an aromatic ring is 1. The van der Waals surface area contributed by atoms with Gasteiger partial charge in [0, 0.05) is 30.8 Å². The van der Waals surface area contributed by atoms with Crippen LogP contribution < -0.4 is 22.1 Å². The molecule has 0 radical (unpaired) electrons. The van der Waals surface area contributed by atoms with Gasteiger partial charge in [-0.2, -0.15) is 13.2 Å². The Balaban J connectivity index is 0.000000804. The number of benzene rings is 2. The Morgan fingerprint density at radius 2 is 1.50 bits per heavy atom. The number of hydrogen-bond acceptors (Lipinski definition) is 5. The Hall–Kier alpha value is -4.69. The van der Waals surface area contributed by atoms with Gasteiger partial charge in [0.1, 0.15) is 17.7 Å². The van der Waals surface area contributed by atoms with Gasteiger partial charge in [0.15, 0.2) is 5.96 Å². The van der Waals surface area contributed by atoms with Crippen LogP contribution in [0.25, 0.3) is 0 Å². The molecule has 1 aliphatic carbocycles. The van der Waals surface area contributed by atoms with Gasteiger partial charge in [-0.25, -0.2) is 9.18 Å².